The molecular formula is C13H18ClN3. The van der Waals surface area contributed by atoms with Crippen molar-refractivity contribution in [2.45, 2.75) is 32.1 Å². The van der Waals surface area contributed by atoms with Gasteiger partial charge in [0.25, 0.3) is 0 Å². The van der Waals surface area contributed by atoms with Gasteiger partial charge in [-0.1, -0.05) is 30.9 Å². The van der Waals surface area contributed by atoms with Gasteiger partial charge in [-0.05, 0) is 24.7 Å². The Labute approximate surface area is 107 Å². The molecule has 2 aliphatic rings. The van der Waals surface area contributed by atoms with Crippen LogP contribution in [0.4, 0.5) is 5.82 Å². The van der Waals surface area contributed by atoms with E-state index in [2.05, 4.69) is 14.9 Å². The second kappa shape index (κ2) is 4.81. The van der Waals surface area contributed by atoms with E-state index in [1.54, 1.807) is 6.20 Å². The van der Waals surface area contributed by atoms with E-state index in [1.165, 1.54) is 32.1 Å². The van der Waals surface area contributed by atoms with Crippen molar-refractivity contribution in [2.24, 2.45) is 11.8 Å². The van der Waals surface area contributed by atoms with Gasteiger partial charge >= 0.3 is 0 Å². The summed E-state index contributed by atoms with van der Waals surface area (Å²) in [5, 5.41) is 0.494. The summed E-state index contributed by atoms with van der Waals surface area (Å²) in [4.78, 5) is 10.8. The van der Waals surface area contributed by atoms with Crippen molar-refractivity contribution in [1.29, 1.82) is 0 Å². The first kappa shape index (κ1) is 11.3. The maximum Gasteiger partial charge on any atom is 0.149 e. The maximum atomic E-state index is 5.90. The third kappa shape index (κ3) is 2.39. The van der Waals surface area contributed by atoms with E-state index in [0.717, 1.165) is 30.7 Å². The molecule has 0 bridgehead atoms. The number of rotatable bonds is 1. The second-order valence-corrected chi connectivity index (χ2v) is 5.63. The van der Waals surface area contributed by atoms with Crippen molar-refractivity contribution in [3.8, 4) is 0 Å². The molecule has 1 aromatic heterocycles. The fourth-order valence-electron chi connectivity index (χ4n) is 3.29. The molecule has 0 aromatic carbocycles. The van der Waals surface area contributed by atoms with Crippen LogP contribution in [0.2, 0.25) is 5.15 Å². The predicted octanol–water partition coefficient (Wildman–Crippen LogP) is 3.15. The average Bonchev–Trinajstić information content (AvgIpc) is 2.38. The number of halogens is 1. The summed E-state index contributed by atoms with van der Waals surface area (Å²) in [6, 6.07) is 0. The van der Waals surface area contributed by atoms with Crippen LogP contribution < -0.4 is 4.90 Å². The van der Waals surface area contributed by atoms with Crippen molar-refractivity contribution in [3.05, 3.63) is 17.5 Å². The first-order chi connectivity index (χ1) is 8.33. The smallest absolute Gasteiger partial charge is 0.149 e. The lowest BCUT2D eigenvalue weighted by Crippen LogP contribution is -2.42. The number of aromatic nitrogens is 2. The average molecular weight is 252 g/mol. The molecule has 4 heteroatoms. The van der Waals surface area contributed by atoms with Crippen LogP contribution in [0.25, 0.3) is 0 Å². The highest BCUT2D eigenvalue weighted by atomic mass is 35.5. The number of hydrogen-bond donors (Lipinski definition) is 0. The highest BCUT2D eigenvalue weighted by Crippen LogP contribution is 2.37. The van der Waals surface area contributed by atoms with Crippen LogP contribution in [0.3, 0.4) is 0 Å². The summed E-state index contributed by atoms with van der Waals surface area (Å²) in [5.74, 6) is 2.76. The molecule has 0 amide bonds. The van der Waals surface area contributed by atoms with Gasteiger partial charge in [0.15, 0.2) is 0 Å². The first-order valence-corrected chi connectivity index (χ1v) is 6.93. The minimum Gasteiger partial charge on any atom is -0.355 e. The molecule has 3 rings (SSSR count). The Morgan fingerprint density at radius 3 is 2.76 bits per heavy atom. The summed E-state index contributed by atoms with van der Waals surface area (Å²) in [7, 11) is 0. The molecule has 0 N–H and O–H groups in total. The zero-order chi connectivity index (χ0) is 11.7. The van der Waals surface area contributed by atoms with Gasteiger partial charge in [0, 0.05) is 13.1 Å². The third-order valence-corrected chi connectivity index (χ3v) is 4.39. The van der Waals surface area contributed by atoms with Crippen LogP contribution in [0.15, 0.2) is 12.4 Å². The van der Waals surface area contributed by atoms with Crippen molar-refractivity contribution >= 4 is 17.4 Å². The van der Waals surface area contributed by atoms with Crippen molar-refractivity contribution in [2.75, 3.05) is 18.0 Å². The molecule has 2 atom stereocenters. The van der Waals surface area contributed by atoms with Gasteiger partial charge < -0.3 is 4.90 Å². The van der Waals surface area contributed by atoms with Gasteiger partial charge in [0.1, 0.15) is 11.0 Å². The zero-order valence-electron chi connectivity index (χ0n) is 9.98. The van der Waals surface area contributed by atoms with Crippen LogP contribution in [-0.4, -0.2) is 23.1 Å². The summed E-state index contributed by atoms with van der Waals surface area (Å²) >= 11 is 5.90. The molecule has 17 heavy (non-hydrogen) atoms. The second-order valence-electron chi connectivity index (χ2n) is 5.24. The minimum atomic E-state index is 0.494. The van der Waals surface area contributed by atoms with Crippen LogP contribution in [0.5, 0.6) is 0 Å². The van der Waals surface area contributed by atoms with E-state index in [4.69, 9.17) is 11.6 Å². The van der Waals surface area contributed by atoms with Crippen LogP contribution in [0.1, 0.15) is 32.1 Å². The minimum absolute atomic E-state index is 0.494. The Morgan fingerprint density at radius 1 is 1.12 bits per heavy atom. The van der Waals surface area contributed by atoms with Crippen molar-refractivity contribution < 1.29 is 0 Å². The van der Waals surface area contributed by atoms with Crippen LogP contribution >= 0.6 is 11.6 Å². The van der Waals surface area contributed by atoms with E-state index in [0.29, 0.717) is 5.15 Å². The fraction of sp³-hybridized carbons (Fsp3) is 0.692. The van der Waals surface area contributed by atoms with E-state index in [1.807, 2.05) is 6.20 Å². The summed E-state index contributed by atoms with van der Waals surface area (Å²) in [6.45, 7) is 2.25. The molecule has 1 saturated heterocycles. The molecular weight excluding hydrogens is 234 g/mol. The standard InChI is InChI=1S/C13H18ClN3/c14-12-7-15-8-13(16-12)17-6-5-10-3-1-2-4-11(10)9-17/h7-8,10-11H,1-6,9H2. The Balaban J connectivity index is 1.73. The number of hydrogen-bond acceptors (Lipinski definition) is 3. The number of fused-ring (bicyclic) bond motifs is 1. The Kier molecular flexibility index (Phi) is 3.19. The number of nitrogens with zero attached hydrogens (tertiary/aromatic N) is 3. The molecule has 1 aliphatic heterocycles. The Hall–Kier alpha value is -0.830. The molecule has 1 aromatic rings. The molecule has 0 spiro atoms. The molecule has 2 fully saturated rings. The largest absolute Gasteiger partial charge is 0.355 e. The van der Waals surface area contributed by atoms with Gasteiger partial charge in [0.2, 0.25) is 0 Å². The Morgan fingerprint density at radius 2 is 1.94 bits per heavy atom. The highest BCUT2D eigenvalue weighted by molar-refractivity contribution is 6.29. The lowest BCUT2D eigenvalue weighted by atomic mass is 9.75. The third-order valence-electron chi connectivity index (χ3n) is 4.21. The van der Waals surface area contributed by atoms with Gasteiger partial charge in [-0.25, -0.2) is 4.98 Å². The zero-order valence-corrected chi connectivity index (χ0v) is 10.7. The quantitative estimate of drug-likeness (QED) is 0.768. The molecule has 2 unspecified atom stereocenters. The van der Waals surface area contributed by atoms with Crippen molar-refractivity contribution in [1.82, 2.24) is 9.97 Å². The van der Waals surface area contributed by atoms with Crippen LogP contribution in [0, 0.1) is 11.8 Å². The number of piperidine rings is 1. The fourth-order valence-corrected chi connectivity index (χ4v) is 3.44. The van der Waals surface area contributed by atoms with Gasteiger partial charge in [-0.2, -0.15) is 0 Å². The topological polar surface area (TPSA) is 29.0 Å². The number of anilines is 1. The molecule has 92 valence electrons. The predicted molar refractivity (Wildman–Crippen MR) is 69.3 cm³/mol. The summed E-state index contributed by atoms with van der Waals surface area (Å²) < 4.78 is 0. The van der Waals surface area contributed by atoms with Gasteiger partial charge in [-0.3, -0.25) is 4.98 Å². The SMILES string of the molecule is Clc1cncc(N2CCC3CCCCC3C2)n1. The highest BCUT2D eigenvalue weighted by Gasteiger charge is 2.31. The maximum absolute atomic E-state index is 5.90. The molecule has 3 nitrogen and oxygen atoms in total. The summed E-state index contributed by atoms with van der Waals surface area (Å²) in [6.07, 6.45) is 10.4. The van der Waals surface area contributed by atoms with E-state index in [9.17, 15) is 0 Å². The molecule has 0 radical (unpaired) electrons. The van der Waals surface area contributed by atoms with Gasteiger partial charge in [-0.15, -0.1) is 0 Å². The first-order valence-electron chi connectivity index (χ1n) is 6.55. The Bertz CT molecular complexity index is 396. The molecule has 1 aliphatic carbocycles. The van der Waals surface area contributed by atoms with E-state index in [-0.39, 0.29) is 0 Å². The lowest BCUT2D eigenvalue weighted by molar-refractivity contribution is 0.202. The van der Waals surface area contributed by atoms with Crippen LogP contribution in [-0.2, 0) is 0 Å². The monoisotopic (exact) mass is 251 g/mol. The summed E-state index contributed by atoms with van der Waals surface area (Å²) in [5.41, 5.74) is 0. The van der Waals surface area contributed by atoms with E-state index < -0.39 is 0 Å². The normalized spacial score (nSPS) is 28.9. The van der Waals surface area contributed by atoms with Crippen molar-refractivity contribution in [3.63, 3.8) is 0 Å². The molecule has 2 heterocycles. The lowest BCUT2D eigenvalue weighted by Gasteiger charge is -2.41. The van der Waals surface area contributed by atoms with Gasteiger partial charge in [0.05, 0.1) is 12.4 Å². The van der Waals surface area contributed by atoms with E-state index >= 15 is 0 Å². The molecule has 1 saturated carbocycles.